The van der Waals surface area contributed by atoms with Gasteiger partial charge in [0.05, 0.1) is 34.6 Å². The van der Waals surface area contributed by atoms with Crippen molar-refractivity contribution in [2.75, 3.05) is 37.5 Å². The first-order valence-electron chi connectivity index (χ1n) is 11.4. The van der Waals surface area contributed by atoms with E-state index in [4.69, 9.17) is 4.74 Å². The van der Waals surface area contributed by atoms with Crippen molar-refractivity contribution < 1.29 is 21.6 Å². The number of sulfone groups is 2. The SMILES string of the molecule is C[C@@H]1C[C@H](COc2ccc(S(=O)(=O)CCCS(C)(=O)=O)cc2)CN1CCc1ccccc1C#N. The molecule has 0 bridgehead atoms. The van der Waals surface area contributed by atoms with Gasteiger partial charge in [-0.25, -0.2) is 16.8 Å². The molecule has 1 aliphatic heterocycles. The Balaban J connectivity index is 1.48. The first-order chi connectivity index (χ1) is 16.1. The molecule has 0 saturated carbocycles. The Morgan fingerprint density at radius 1 is 1.06 bits per heavy atom. The first-order valence-corrected chi connectivity index (χ1v) is 15.1. The topological polar surface area (TPSA) is 105 Å². The van der Waals surface area contributed by atoms with E-state index in [0.29, 0.717) is 24.3 Å². The van der Waals surface area contributed by atoms with Crippen LogP contribution in [0.3, 0.4) is 0 Å². The van der Waals surface area contributed by atoms with Crippen LogP contribution in [0.4, 0.5) is 0 Å². The van der Waals surface area contributed by atoms with Crippen LogP contribution in [0.2, 0.25) is 0 Å². The molecule has 0 spiro atoms. The number of benzene rings is 2. The third-order valence-corrected chi connectivity index (χ3v) is 9.04. The molecule has 7 nitrogen and oxygen atoms in total. The molecule has 34 heavy (non-hydrogen) atoms. The summed E-state index contributed by atoms with van der Waals surface area (Å²) in [7, 11) is -6.71. The molecule has 0 aromatic heterocycles. The molecular formula is C25H32N2O5S2. The van der Waals surface area contributed by atoms with Crippen LogP contribution in [0.15, 0.2) is 53.4 Å². The van der Waals surface area contributed by atoms with E-state index in [2.05, 4.69) is 17.9 Å². The zero-order chi connectivity index (χ0) is 24.8. The molecule has 9 heteroatoms. The maximum Gasteiger partial charge on any atom is 0.178 e. The maximum absolute atomic E-state index is 12.4. The molecule has 184 valence electrons. The predicted octanol–water partition coefficient (Wildman–Crippen LogP) is 3.10. The number of likely N-dealkylation sites (tertiary alicyclic amines) is 1. The summed E-state index contributed by atoms with van der Waals surface area (Å²) in [5.41, 5.74) is 1.80. The van der Waals surface area contributed by atoms with Crippen molar-refractivity contribution in [3.8, 4) is 11.8 Å². The molecule has 2 aromatic carbocycles. The summed E-state index contributed by atoms with van der Waals surface area (Å²) in [6.45, 7) is 4.57. The lowest BCUT2D eigenvalue weighted by atomic mass is 10.1. The Morgan fingerprint density at radius 2 is 1.76 bits per heavy atom. The molecule has 0 amide bonds. The molecule has 0 N–H and O–H groups in total. The maximum atomic E-state index is 12.4. The molecular weight excluding hydrogens is 472 g/mol. The highest BCUT2D eigenvalue weighted by Gasteiger charge is 2.29. The molecule has 0 aliphatic carbocycles. The molecule has 2 aromatic rings. The van der Waals surface area contributed by atoms with E-state index in [0.717, 1.165) is 43.3 Å². The van der Waals surface area contributed by atoms with Gasteiger partial charge in [0.2, 0.25) is 0 Å². The number of ether oxygens (including phenoxy) is 1. The minimum Gasteiger partial charge on any atom is -0.493 e. The highest BCUT2D eigenvalue weighted by atomic mass is 32.2. The number of hydrogen-bond acceptors (Lipinski definition) is 7. The monoisotopic (exact) mass is 504 g/mol. The number of nitrogens with zero attached hydrogens (tertiary/aromatic N) is 2. The average molecular weight is 505 g/mol. The fourth-order valence-electron chi connectivity index (χ4n) is 4.35. The van der Waals surface area contributed by atoms with Gasteiger partial charge < -0.3 is 4.74 Å². The number of hydrogen-bond donors (Lipinski definition) is 0. The summed E-state index contributed by atoms with van der Waals surface area (Å²) < 4.78 is 53.2. The molecule has 0 unspecified atom stereocenters. The third kappa shape index (κ3) is 7.55. The summed E-state index contributed by atoms with van der Waals surface area (Å²) in [6.07, 6.45) is 3.04. The van der Waals surface area contributed by atoms with Gasteiger partial charge in [0, 0.05) is 31.3 Å². The number of rotatable bonds is 11. The van der Waals surface area contributed by atoms with Crippen LogP contribution in [0, 0.1) is 17.2 Å². The van der Waals surface area contributed by atoms with Crippen molar-refractivity contribution in [2.45, 2.75) is 37.1 Å². The standard InChI is InChI=1S/C25H32N2O5S2/c1-20-16-21(18-27(20)13-12-22-6-3-4-7-23(22)17-26)19-32-24-8-10-25(11-9-24)34(30,31)15-5-14-33(2,28)29/h3-4,6-11,20-21H,5,12-16,18-19H2,1-2H3/t20-,21+/m1/s1. The second kappa shape index (κ2) is 11.3. The van der Waals surface area contributed by atoms with Crippen LogP contribution in [-0.2, 0) is 26.1 Å². The van der Waals surface area contributed by atoms with Gasteiger partial charge in [-0.05, 0) is 62.1 Å². The Labute approximate surface area is 203 Å². The molecule has 2 atom stereocenters. The minimum atomic E-state index is -3.53. The van der Waals surface area contributed by atoms with Crippen LogP contribution < -0.4 is 4.74 Å². The van der Waals surface area contributed by atoms with Crippen molar-refractivity contribution in [1.82, 2.24) is 4.90 Å². The molecule has 1 aliphatic rings. The van der Waals surface area contributed by atoms with Crippen molar-refractivity contribution in [1.29, 1.82) is 5.26 Å². The Morgan fingerprint density at radius 3 is 2.44 bits per heavy atom. The van der Waals surface area contributed by atoms with Crippen LogP contribution >= 0.6 is 0 Å². The van der Waals surface area contributed by atoms with Crippen molar-refractivity contribution in [3.05, 3.63) is 59.7 Å². The van der Waals surface area contributed by atoms with E-state index in [1.54, 1.807) is 12.1 Å². The third-order valence-electron chi connectivity index (χ3n) is 6.19. The Bertz CT molecular complexity index is 1220. The smallest absolute Gasteiger partial charge is 0.178 e. The lowest BCUT2D eigenvalue weighted by Crippen LogP contribution is -2.30. The summed E-state index contributed by atoms with van der Waals surface area (Å²) in [6, 6.07) is 16.7. The van der Waals surface area contributed by atoms with Gasteiger partial charge in [-0.15, -0.1) is 0 Å². The number of nitriles is 1. The lowest BCUT2D eigenvalue weighted by Gasteiger charge is -2.21. The highest BCUT2D eigenvalue weighted by Crippen LogP contribution is 2.25. The second-order valence-corrected chi connectivity index (χ2v) is 13.4. The molecule has 1 fully saturated rings. The normalized spacial score (nSPS) is 19.1. The molecule has 1 heterocycles. The van der Waals surface area contributed by atoms with E-state index < -0.39 is 19.7 Å². The highest BCUT2D eigenvalue weighted by molar-refractivity contribution is 7.92. The summed E-state index contributed by atoms with van der Waals surface area (Å²) >= 11 is 0. The van der Waals surface area contributed by atoms with Crippen LogP contribution in [0.1, 0.15) is 30.9 Å². The predicted molar refractivity (Wildman–Crippen MR) is 132 cm³/mol. The average Bonchev–Trinajstić information content (AvgIpc) is 3.15. The molecule has 0 radical (unpaired) electrons. The zero-order valence-corrected chi connectivity index (χ0v) is 21.3. The van der Waals surface area contributed by atoms with Crippen LogP contribution in [-0.4, -0.2) is 65.2 Å². The minimum absolute atomic E-state index is 0.0812. The Hall–Kier alpha value is -2.41. The van der Waals surface area contributed by atoms with Crippen LogP contribution in [0.5, 0.6) is 5.75 Å². The van der Waals surface area contributed by atoms with Gasteiger partial charge in [-0.3, -0.25) is 4.90 Å². The fourth-order valence-corrected chi connectivity index (χ4v) is 6.51. The first kappa shape index (κ1) is 26.2. The zero-order valence-electron chi connectivity index (χ0n) is 19.7. The van der Waals surface area contributed by atoms with Crippen molar-refractivity contribution >= 4 is 19.7 Å². The van der Waals surface area contributed by atoms with E-state index in [9.17, 15) is 22.1 Å². The quantitative estimate of drug-likeness (QED) is 0.463. The van der Waals surface area contributed by atoms with Crippen molar-refractivity contribution in [3.63, 3.8) is 0 Å². The van der Waals surface area contributed by atoms with Gasteiger partial charge in [-0.2, -0.15) is 5.26 Å². The summed E-state index contributed by atoms with van der Waals surface area (Å²) in [5.74, 6) is 0.647. The van der Waals surface area contributed by atoms with E-state index >= 15 is 0 Å². The van der Waals surface area contributed by atoms with Crippen molar-refractivity contribution in [2.24, 2.45) is 5.92 Å². The summed E-state index contributed by atoms with van der Waals surface area (Å²) in [4.78, 5) is 2.60. The van der Waals surface area contributed by atoms with E-state index in [1.807, 2.05) is 24.3 Å². The Kier molecular flexibility index (Phi) is 8.74. The van der Waals surface area contributed by atoms with Crippen LogP contribution in [0.25, 0.3) is 0 Å². The fraction of sp³-hybridized carbons (Fsp3) is 0.480. The second-order valence-electron chi connectivity index (χ2n) is 9.05. The summed E-state index contributed by atoms with van der Waals surface area (Å²) in [5, 5.41) is 9.28. The van der Waals surface area contributed by atoms with Gasteiger partial charge in [0.25, 0.3) is 0 Å². The van der Waals surface area contributed by atoms with Gasteiger partial charge in [0.1, 0.15) is 15.6 Å². The van der Waals surface area contributed by atoms with Gasteiger partial charge in [0.15, 0.2) is 9.84 Å². The molecule has 3 rings (SSSR count). The molecule has 1 saturated heterocycles. The van der Waals surface area contributed by atoms with E-state index in [1.165, 1.54) is 12.1 Å². The van der Waals surface area contributed by atoms with Gasteiger partial charge in [-0.1, -0.05) is 18.2 Å². The van der Waals surface area contributed by atoms with Gasteiger partial charge >= 0.3 is 0 Å². The van der Waals surface area contributed by atoms with E-state index in [-0.39, 0.29) is 22.8 Å². The largest absolute Gasteiger partial charge is 0.493 e. The lowest BCUT2D eigenvalue weighted by molar-refractivity contribution is 0.234.